The first-order valence-electron chi connectivity index (χ1n) is 6.76. The van der Waals surface area contributed by atoms with Crippen LogP contribution in [0, 0.1) is 11.7 Å². The lowest BCUT2D eigenvalue weighted by molar-refractivity contribution is -0.122. The van der Waals surface area contributed by atoms with Crippen LogP contribution in [0.4, 0.5) is 0 Å². The predicted octanol–water partition coefficient (Wildman–Crippen LogP) is 3.31. The van der Waals surface area contributed by atoms with Crippen LogP contribution >= 0.6 is 12.2 Å². The number of aryl methyl sites for hydroxylation is 2. The molecule has 2 rings (SSSR count). The van der Waals surface area contributed by atoms with Crippen molar-refractivity contribution in [1.82, 2.24) is 14.9 Å². The molecule has 0 unspecified atom stereocenters. The number of imidazole rings is 1. The average molecular weight is 291 g/mol. The topological polar surface area (TPSA) is 49.8 Å². The van der Waals surface area contributed by atoms with E-state index in [2.05, 4.69) is 16.4 Å². The van der Waals surface area contributed by atoms with Gasteiger partial charge in [-0.25, -0.2) is 0 Å². The zero-order valence-corrected chi connectivity index (χ0v) is 13.2. The van der Waals surface area contributed by atoms with Gasteiger partial charge in [-0.1, -0.05) is 6.07 Å². The van der Waals surface area contributed by atoms with Crippen molar-refractivity contribution in [3.05, 3.63) is 28.5 Å². The van der Waals surface area contributed by atoms with Crippen LogP contribution in [0.1, 0.15) is 32.8 Å². The zero-order valence-electron chi connectivity index (χ0n) is 12.4. The van der Waals surface area contributed by atoms with E-state index in [9.17, 15) is 4.79 Å². The molecule has 108 valence electrons. The standard InChI is InChI=1S/C15H21N3OS/c1-10-5-6-11-12(9-10)18(14(20)16-11)8-7-13(19)17-15(2,3)4/h5-6,9H,7-8H2,1-4H3,(H,16,20)(H,17,19). The normalized spacial score (nSPS) is 11.8. The molecule has 0 aliphatic rings. The molecular weight excluding hydrogens is 270 g/mol. The first-order chi connectivity index (χ1) is 9.26. The molecule has 0 fully saturated rings. The number of amides is 1. The summed E-state index contributed by atoms with van der Waals surface area (Å²) in [7, 11) is 0. The highest BCUT2D eigenvalue weighted by Crippen LogP contribution is 2.16. The quantitative estimate of drug-likeness (QED) is 0.852. The van der Waals surface area contributed by atoms with Gasteiger partial charge in [-0.05, 0) is 57.6 Å². The smallest absolute Gasteiger partial charge is 0.222 e. The third kappa shape index (κ3) is 3.48. The van der Waals surface area contributed by atoms with E-state index in [0.29, 0.717) is 17.7 Å². The highest BCUT2D eigenvalue weighted by Gasteiger charge is 2.14. The van der Waals surface area contributed by atoms with E-state index in [4.69, 9.17) is 12.2 Å². The fourth-order valence-corrected chi connectivity index (χ4v) is 2.48. The molecule has 0 radical (unpaired) electrons. The Hall–Kier alpha value is -1.62. The van der Waals surface area contributed by atoms with E-state index in [1.54, 1.807) is 0 Å². The minimum absolute atomic E-state index is 0.0430. The van der Waals surface area contributed by atoms with Crippen LogP contribution in [0.5, 0.6) is 0 Å². The molecule has 1 aromatic carbocycles. The number of hydrogen-bond acceptors (Lipinski definition) is 2. The van der Waals surface area contributed by atoms with Crippen molar-refractivity contribution in [3.8, 4) is 0 Å². The second-order valence-corrected chi connectivity index (χ2v) is 6.54. The lowest BCUT2D eigenvalue weighted by atomic mass is 10.1. The minimum Gasteiger partial charge on any atom is -0.351 e. The SMILES string of the molecule is Cc1ccc2[nH]c(=S)n(CCC(=O)NC(C)(C)C)c2c1. The van der Waals surface area contributed by atoms with Crippen molar-refractivity contribution in [2.45, 2.75) is 46.2 Å². The first-order valence-corrected chi connectivity index (χ1v) is 7.17. The molecule has 0 saturated carbocycles. The Balaban J connectivity index is 2.18. The summed E-state index contributed by atoms with van der Waals surface area (Å²) in [6, 6.07) is 6.15. The number of nitrogens with one attached hydrogen (secondary N) is 2. The molecular formula is C15H21N3OS. The summed E-state index contributed by atoms with van der Waals surface area (Å²) < 4.78 is 2.65. The Morgan fingerprint density at radius 1 is 1.40 bits per heavy atom. The number of hydrogen-bond donors (Lipinski definition) is 2. The summed E-state index contributed by atoms with van der Waals surface area (Å²) in [6.45, 7) is 8.57. The van der Waals surface area contributed by atoms with Crippen molar-refractivity contribution in [2.75, 3.05) is 0 Å². The van der Waals surface area contributed by atoms with Gasteiger partial charge < -0.3 is 14.9 Å². The van der Waals surface area contributed by atoms with E-state index in [1.807, 2.05) is 44.4 Å². The van der Waals surface area contributed by atoms with E-state index >= 15 is 0 Å². The Kier molecular flexibility index (Phi) is 3.99. The number of H-pyrrole nitrogens is 1. The molecule has 4 nitrogen and oxygen atoms in total. The molecule has 2 aromatic rings. The number of aromatic nitrogens is 2. The monoisotopic (exact) mass is 291 g/mol. The van der Waals surface area contributed by atoms with Gasteiger partial charge in [-0.15, -0.1) is 0 Å². The van der Waals surface area contributed by atoms with E-state index in [1.165, 1.54) is 5.56 Å². The number of carbonyl (C=O) groups is 1. The van der Waals surface area contributed by atoms with Crippen molar-refractivity contribution >= 4 is 29.2 Å². The second-order valence-electron chi connectivity index (χ2n) is 6.15. The van der Waals surface area contributed by atoms with E-state index in [0.717, 1.165) is 11.0 Å². The summed E-state index contributed by atoms with van der Waals surface area (Å²) in [5, 5.41) is 2.96. The van der Waals surface area contributed by atoms with Crippen LogP contribution in [0.3, 0.4) is 0 Å². The van der Waals surface area contributed by atoms with Gasteiger partial charge in [0.15, 0.2) is 4.77 Å². The summed E-state index contributed by atoms with van der Waals surface area (Å²) in [6.07, 6.45) is 0.423. The highest BCUT2D eigenvalue weighted by molar-refractivity contribution is 7.71. The molecule has 5 heteroatoms. The summed E-state index contributed by atoms with van der Waals surface area (Å²) in [5.74, 6) is 0.0430. The van der Waals surface area contributed by atoms with E-state index in [-0.39, 0.29) is 11.4 Å². The summed E-state index contributed by atoms with van der Waals surface area (Å²) in [5.41, 5.74) is 3.05. The number of nitrogens with zero attached hydrogens (tertiary/aromatic N) is 1. The first kappa shape index (κ1) is 14.8. The van der Waals surface area contributed by atoms with Gasteiger partial charge in [0, 0.05) is 18.5 Å². The zero-order chi connectivity index (χ0) is 14.9. The Morgan fingerprint density at radius 3 is 2.75 bits per heavy atom. The molecule has 0 bridgehead atoms. The molecule has 0 spiro atoms. The molecule has 1 heterocycles. The van der Waals surface area contributed by atoms with Gasteiger partial charge in [0.2, 0.25) is 5.91 Å². The molecule has 1 aromatic heterocycles. The third-order valence-corrected chi connectivity index (χ3v) is 3.33. The lowest BCUT2D eigenvalue weighted by Gasteiger charge is -2.20. The third-order valence-electron chi connectivity index (χ3n) is 3.01. The fourth-order valence-electron chi connectivity index (χ4n) is 2.18. The van der Waals surface area contributed by atoms with Crippen molar-refractivity contribution in [3.63, 3.8) is 0 Å². The molecule has 0 saturated heterocycles. The van der Waals surface area contributed by atoms with Crippen LogP contribution < -0.4 is 5.32 Å². The maximum Gasteiger partial charge on any atom is 0.222 e. The summed E-state index contributed by atoms with van der Waals surface area (Å²) in [4.78, 5) is 15.1. The van der Waals surface area contributed by atoms with Gasteiger partial charge in [0.25, 0.3) is 0 Å². The largest absolute Gasteiger partial charge is 0.351 e. The molecule has 0 aliphatic heterocycles. The Bertz CT molecular complexity index is 691. The van der Waals surface area contributed by atoms with E-state index < -0.39 is 0 Å². The fraction of sp³-hybridized carbons (Fsp3) is 0.467. The maximum atomic E-state index is 11.9. The van der Waals surface area contributed by atoms with Crippen molar-refractivity contribution in [1.29, 1.82) is 0 Å². The minimum atomic E-state index is -0.199. The van der Waals surface area contributed by atoms with Crippen molar-refractivity contribution < 1.29 is 4.79 Å². The van der Waals surface area contributed by atoms with Crippen LogP contribution in [0.15, 0.2) is 18.2 Å². The number of benzene rings is 1. The maximum absolute atomic E-state index is 11.9. The molecule has 0 aliphatic carbocycles. The lowest BCUT2D eigenvalue weighted by Crippen LogP contribution is -2.40. The van der Waals surface area contributed by atoms with Gasteiger partial charge >= 0.3 is 0 Å². The van der Waals surface area contributed by atoms with Crippen LogP contribution in [-0.2, 0) is 11.3 Å². The van der Waals surface area contributed by atoms with Gasteiger partial charge in [-0.3, -0.25) is 4.79 Å². The molecule has 1 amide bonds. The van der Waals surface area contributed by atoms with Gasteiger partial charge in [0.1, 0.15) is 0 Å². The number of carbonyl (C=O) groups excluding carboxylic acids is 1. The highest BCUT2D eigenvalue weighted by atomic mass is 32.1. The average Bonchev–Trinajstić information content (AvgIpc) is 2.59. The van der Waals surface area contributed by atoms with Crippen LogP contribution in [-0.4, -0.2) is 21.0 Å². The van der Waals surface area contributed by atoms with Crippen molar-refractivity contribution in [2.24, 2.45) is 0 Å². The Labute approximate surface area is 124 Å². The molecule has 20 heavy (non-hydrogen) atoms. The number of aromatic amines is 1. The number of fused-ring (bicyclic) bond motifs is 1. The van der Waals surface area contributed by atoms with Crippen LogP contribution in [0.25, 0.3) is 11.0 Å². The molecule has 2 N–H and O–H groups in total. The molecule has 0 atom stereocenters. The van der Waals surface area contributed by atoms with Crippen LogP contribution in [0.2, 0.25) is 0 Å². The Morgan fingerprint density at radius 2 is 2.10 bits per heavy atom. The van der Waals surface area contributed by atoms with Gasteiger partial charge in [-0.2, -0.15) is 0 Å². The number of rotatable bonds is 3. The van der Waals surface area contributed by atoms with Gasteiger partial charge in [0.05, 0.1) is 11.0 Å². The summed E-state index contributed by atoms with van der Waals surface area (Å²) >= 11 is 5.33. The predicted molar refractivity (Wildman–Crippen MR) is 84.4 cm³/mol. The second kappa shape index (κ2) is 5.40.